The molecule has 1 aliphatic rings. The first kappa shape index (κ1) is 23.8. The van der Waals surface area contributed by atoms with E-state index in [1.807, 2.05) is 4.90 Å². The molecule has 3 unspecified atom stereocenters. The molecule has 9 nitrogen and oxygen atoms in total. The number of aryl methyl sites for hydroxylation is 1. The largest absolute Gasteiger partial charge is 0.465 e. The first-order chi connectivity index (χ1) is 14.7. The van der Waals surface area contributed by atoms with E-state index in [0.717, 1.165) is 0 Å². The van der Waals surface area contributed by atoms with Gasteiger partial charge < -0.3 is 29.8 Å². The summed E-state index contributed by atoms with van der Waals surface area (Å²) < 4.78 is 10.6. The van der Waals surface area contributed by atoms with Gasteiger partial charge in [-0.3, -0.25) is 4.79 Å². The number of nitrogens with one attached hydrogen (secondary N) is 2. The van der Waals surface area contributed by atoms with Crippen LogP contribution in [0.15, 0.2) is 6.20 Å². The van der Waals surface area contributed by atoms with Gasteiger partial charge in [0.2, 0.25) is 0 Å². The molecule has 1 fully saturated rings. The molecule has 1 saturated heterocycles. The molecule has 3 N–H and O–H groups in total. The summed E-state index contributed by atoms with van der Waals surface area (Å²) in [6.07, 6.45) is 0.971. The number of aromatic amines is 1. The quantitative estimate of drug-likeness (QED) is 0.510. The van der Waals surface area contributed by atoms with Gasteiger partial charge in [-0.2, -0.15) is 0 Å². The Morgan fingerprint density at radius 1 is 1.45 bits per heavy atom. The van der Waals surface area contributed by atoms with Crippen LogP contribution >= 0.6 is 34.5 Å². The van der Waals surface area contributed by atoms with E-state index in [0.29, 0.717) is 40.2 Å². The van der Waals surface area contributed by atoms with Gasteiger partial charge in [0.05, 0.1) is 48.2 Å². The zero-order chi connectivity index (χ0) is 22.7. The second kappa shape index (κ2) is 10.2. The van der Waals surface area contributed by atoms with Crippen molar-refractivity contribution in [3.05, 3.63) is 32.5 Å². The number of methoxy groups -OCH3 is 1. The van der Waals surface area contributed by atoms with Crippen LogP contribution in [0.3, 0.4) is 0 Å². The second-order valence-electron chi connectivity index (χ2n) is 7.29. The Balaban J connectivity index is 1.73. The lowest BCUT2D eigenvalue weighted by Gasteiger charge is -2.38. The number of thiazole rings is 1. The molecule has 0 aliphatic carbocycles. The standard InChI is InChI=1S/C19H24Cl2N4O5S/c1-9(26)8-30-12-7-25(19-22-6-13(31-19)18(28)29-3)5-4-11(12)24-17(27)16-15(21)14(20)10(2)23-16/h6,9,11-12,23,26H,4-5,7-8H2,1-3H3,(H,24,27). The molecule has 3 rings (SSSR count). The number of aromatic nitrogens is 2. The summed E-state index contributed by atoms with van der Waals surface area (Å²) >= 11 is 13.5. The molecule has 0 bridgehead atoms. The van der Waals surface area contributed by atoms with Crippen molar-refractivity contribution in [1.82, 2.24) is 15.3 Å². The van der Waals surface area contributed by atoms with Gasteiger partial charge in [-0.05, 0) is 20.3 Å². The van der Waals surface area contributed by atoms with Crippen molar-refractivity contribution in [3.63, 3.8) is 0 Å². The van der Waals surface area contributed by atoms with Crippen LogP contribution < -0.4 is 10.2 Å². The number of nitrogens with zero attached hydrogens (tertiary/aromatic N) is 2. The summed E-state index contributed by atoms with van der Waals surface area (Å²) in [5, 5.41) is 13.8. The fraction of sp³-hybridized carbons (Fsp3) is 0.526. The highest BCUT2D eigenvalue weighted by atomic mass is 35.5. The van der Waals surface area contributed by atoms with Gasteiger partial charge in [-0.15, -0.1) is 0 Å². The molecule has 2 aromatic heterocycles. The lowest BCUT2D eigenvalue weighted by atomic mass is 10.0. The molecule has 170 valence electrons. The number of aliphatic hydroxyl groups excluding tert-OH is 1. The number of carbonyl (C=O) groups is 2. The molecular formula is C19H24Cl2N4O5S. The molecule has 0 spiro atoms. The van der Waals surface area contributed by atoms with Crippen LogP contribution in [-0.4, -0.2) is 72.0 Å². The van der Waals surface area contributed by atoms with Crippen LogP contribution in [0.1, 0.15) is 39.2 Å². The van der Waals surface area contributed by atoms with Gasteiger partial charge in [-0.1, -0.05) is 34.5 Å². The SMILES string of the molecule is COC(=O)c1cnc(N2CCC(NC(=O)c3[nH]c(C)c(Cl)c3Cl)C(OCC(C)O)C2)s1. The van der Waals surface area contributed by atoms with Crippen LogP contribution in [0, 0.1) is 6.92 Å². The Hall–Kier alpha value is -1.85. The second-order valence-corrected chi connectivity index (χ2v) is 9.05. The first-order valence-electron chi connectivity index (χ1n) is 9.64. The summed E-state index contributed by atoms with van der Waals surface area (Å²) in [7, 11) is 1.32. The molecule has 0 radical (unpaired) electrons. The fourth-order valence-corrected chi connectivity index (χ4v) is 4.55. The van der Waals surface area contributed by atoms with E-state index in [-0.39, 0.29) is 29.3 Å². The maximum atomic E-state index is 12.8. The van der Waals surface area contributed by atoms with E-state index in [1.54, 1.807) is 13.8 Å². The van der Waals surface area contributed by atoms with E-state index in [1.165, 1.54) is 24.6 Å². The average molecular weight is 491 g/mol. The van der Waals surface area contributed by atoms with E-state index < -0.39 is 18.2 Å². The van der Waals surface area contributed by atoms with Crippen LogP contribution in [0.4, 0.5) is 5.13 Å². The molecule has 31 heavy (non-hydrogen) atoms. The van der Waals surface area contributed by atoms with E-state index >= 15 is 0 Å². The van der Waals surface area contributed by atoms with E-state index in [4.69, 9.17) is 32.7 Å². The van der Waals surface area contributed by atoms with Crippen molar-refractivity contribution in [2.45, 2.75) is 38.5 Å². The molecule has 3 heterocycles. The number of halogens is 2. The van der Waals surface area contributed by atoms with Crippen molar-refractivity contribution in [2.24, 2.45) is 0 Å². The van der Waals surface area contributed by atoms with Crippen molar-refractivity contribution >= 4 is 51.5 Å². The van der Waals surface area contributed by atoms with Crippen LogP contribution in [-0.2, 0) is 9.47 Å². The lowest BCUT2D eigenvalue weighted by Crippen LogP contribution is -2.55. The third-order valence-corrected chi connectivity index (χ3v) is 6.84. The molecule has 2 aromatic rings. The van der Waals surface area contributed by atoms with Crippen LogP contribution in [0.2, 0.25) is 10.0 Å². The predicted molar refractivity (Wildman–Crippen MR) is 119 cm³/mol. The van der Waals surface area contributed by atoms with Gasteiger partial charge in [0.1, 0.15) is 10.6 Å². The molecule has 0 saturated carbocycles. The Bertz CT molecular complexity index is 948. The molecule has 1 amide bonds. The average Bonchev–Trinajstić information content (AvgIpc) is 3.33. The number of ether oxygens (including phenoxy) is 2. The molecule has 3 atom stereocenters. The number of anilines is 1. The maximum Gasteiger partial charge on any atom is 0.349 e. The summed E-state index contributed by atoms with van der Waals surface area (Å²) in [4.78, 5) is 34.1. The zero-order valence-corrected chi connectivity index (χ0v) is 19.6. The van der Waals surface area contributed by atoms with Gasteiger partial charge in [0.25, 0.3) is 5.91 Å². The minimum absolute atomic E-state index is 0.115. The van der Waals surface area contributed by atoms with Gasteiger partial charge in [-0.25, -0.2) is 9.78 Å². The van der Waals surface area contributed by atoms with Crippen molar-refractivity contribution in [3.8, 4) is 0 Å². The fourth-order valence-electron chi connectivity index (χ4n) is 3.26. The van der Waals surface area contributed by atoms with Crippen LogP contribution in [0.25, 0.3) is 0 Å². The number of esters is 1. The smallest absolute Gasteiger partial charge is 0.349 e. The monoisotopic (exact) mass is 490 g/mol. The molecule has 12 heteroatoms. The highest BCUT2D eigenvalue weighted by molar-refractivity contribution is 7.17. The number of rotatable bonds is 7. The number of carbonyl (C=O) groups excluding carboxylic acids is 2. The summed E-state index contributed by atoms with van der Waals surface area (Å²) in [5.74, 6) is -0.823. The topological polar surface area (TPSA) is 117 Å². The maximum absolute atomic E-state index is 12.8. The summed E-state index contributed by atoms with van der Waals surface area (Å²) in [6, 6.07) is -0.319. The van der Waals surface area contributed by atoms with Gasteiger partial charge >= 0.3 is 5.97 Å². The highest BCUT2D eigenvalue weighted by Crippen LogP contribution is 2.30. The number of piperidine rings is 1. The summed E-state index contributed by atoms with van der Waals surface area (Å²) in [5.41, 5.74) is 0.808. The Morgan fingerprint density at radius 3 is 2.81 bits per heavy atom. The Morgan fingerprint density at radius 2 is 2.19 bits per heavy atom. The van der Waals surface area contributed by atoms with Crippen LogP contribution in [0.5, 0.6) is 0 Å². The van der Waals surface area contributed by atoms with Crippen molar-refractivity contribution in [1.29, 1.82) is 0 Å². The minimum Gasteiger partial charge on any atom is -0.465 e. The third kappa shape index (κ3) is 5.50. The van der Waals surface area contributed by atoms with Gasteiger partial charge in [0, 0.05) is 18.8 Å². The number of hydrogen-bond acceptors (Lipinski definition) is 8. The van der Waals surface area contributed by atoms with Crippen molar-refractivity contribution < 1.29 is 24.2 Å². The predicted octanol–water partition coefficient (Wildman–Crippen LogP) is 2.65. The first-order valence-corrected chi connectivity index (χ1v) is 11.2. The van der Waals surface area contributed by atoms with Crippen molar-refractivity contribution in [2.75, 3.05) is 31.7 Å². The highest BCUT2D eigenvalue weighted by Gasteiger charge is 2.34. The van der Waals surface area contributed by atoms with Gasteiger partial charge in [0.15, 0.2) is 5.13 Å². The lowest BCUT2D eigenvalue weighted by molar-refractivity contribution is -0.0215. The van der Waals surface area contributed by atoms with E-state index in [2.05, 4.69) is 15.3 Å². The number of aliphatic hydroxyl groups is 1. The summed E-state index contributed by atoms with van der Waals surface area (Å²) in [6.45, 7) is 4.48. The number of hydrogen-bond donors (Lipinski definition) is 3. The number of H-pyrrole nitrogens is 1. The van der Waals surface area contributed by atoms with E-state index in [9.17, 15) is 14.7 Å². The normalized spacial score (nSPS) is 19.9. The minimum atomic E-state index is -0.656. The zero-order valence-electron chi connectivity index (χ0n) is 17.3. The third-order valence-electron chi connectivity index (χ3n) is 4.86. The molecular weight excluding hydrogens is 467 g/mol. The Labute approximate surface area is 193 Å². The molecule has 1 aliphatic heterocycles. The molecule has 0 aromatic carbocycles. The Kier molecular flexibility index (Phi) is 7.82. The number of amides is 1.